The molecule has 2 aromatic rings. The summed E-state index contributed by atoms with van der Waals surface area (Å²) in [5, 5.41) is 7.24. The Labute approximate surface area is 176 Å². The summed E-state index contributed by atoms with van der Waals surface area (Å²) < 4.78 is 0. The number of amides is 1. The summed E-state index contributed by atoms with van der Waals surface area (Å²) in [4.78, 5) is 29.5. The Bertz CT molecular complexity index is 881. The topological polar surface area (TPSA) is 98.6 Å². The van der Waals surface area contributed by atoms with Crippen LogP contribution < -0.4 is 20.5 Å². The van der Waals surface area contributed by atoms with Gasteiger partial charge in [-0.15, -0.1) is 0 Å². The summed E-state index contributed by atoms with van der Waals surface area (Å²) >= 11 is 0. The van der Waals surface area contributed by atoms with Gasteiger partial charge in [0.15, 0.2) is 0 Å². The first-order chi connectivity index (χ1) is 14.6. The van der Waals surface area contributed by atoms with Gasteiger partial charge in [-0.1, -0.05) is 12.1 Å². The van der Waals surface area contributed by atoms with Crippen molar-refractivity contribution in [1.82, 2.24) is 15.0 Å². The minimum Gasteiger partial charge on any atom is -0.341 e. The monoisotopic (exact) mass is 408 g/mol. The highest BCUT2D eigenvalue weighted by molar-refractivity contribution is 5.99. The van der Waals surface area contributed by atoms with E-state index in [4.69, 9.17) is 4.98 Å². The Kier molecular flexibility index (Phi) is 6.06. The Balaban J connectivity index is 1.52. The van der Waals surface area contributed by atoms with Crippen LogP contribution in [0.3, 0.4) is 0 Å². The van der Waals surface area contributed by atoms with Crippen molar-refractivity contribution < 1.29 is 4.79 Å². The van der Waals surface area contributed by atoms with Crippen LogP contribution in [0.25, 0.3) is 0 Å². The number of aromatic nitrogens is 3. The van der Waals surface area contributed by atoms with Gasteiger partial charge in [0.05, 0.1) is 5.71 Å². The van der Waals surface area contributed by atoms with Gasteiger partial charge in [-0.3, -0.25) is 4.79 Å². The Morgan fingerprint density at radius 2 is 1.40 bits per heavy atom. The molecule has 4 rings (SSSR count). The number of hydrazone groups is 1. The van der Waals surface area contributed by atoms with Crippen molar-refractivity contribution in [2.24, 2.45) is 5.10 Å². The van der Waals surface area contributed by atoms with Gasteiger partial charge < -0.3 is 15.1 Å². The van der Waals surface area contributed by atoms with Crippen molar-refractivity contribution in [3.63, 3.8) is 0 Å². The van der Waals surface area contributed by atoms with E-state index in [9.17, 15) is 4.79 Å². The maximum atomic E-state index is 11.2. The molecule has 2 aliphatic heterocycles. The highest BCUT2D eigenvalue weighted by Crippen LogP contribution is 2.23. The number of carbonyl (C=O) groups is 1. The van der Waals surface area contributed by atoms with Gasteiger partial charge in [-0.2, -0.15) is 20.1 Å². The molecule has 2 N–H and O–H groups in total. The summed E-state index contributed by atoms with van der Waals surface area (Å²) in [6.07, 6.45) is 4.66. The van der Waals surface area contributed by atoms with E-state index in [0.29, 0.717) is 5.95 Å². The first-order valence-corrected chi connectivity index (χ1v) is 10.5. The molecule has 2 aliphatic rings. The number of carbonyl (C=O) groups excluding carboxylic acids is 1. The fourth-order valence-electron chi connectivity index (χ4n) is 3.72. The molecule has 2 fully saturated rings. The zero-order chi connectivity index (χ0) is 20.9. The predicted octanol–water partition coefficient (Wildman–Crippen LogP) is 2.87. The molecular formula is C21H28N8O. The molecule has 0 bridgehead atoms. The highest BCUT2D eigenvalue weighted by atomic mass is 16.1. The largest absolute Gasteiger partial charge is 0.341 e. The SMILES string of the molecule is CC(=O)Nc1ccc(C(C)=NNc2nc(N3CCCC3)nc(N3CCCC3)n2)cc1. The van der Waals surface area contributed by atoms with E-state index in [1.165, 1.54) is 32.6 Å². The van der Waals surface area contributed by atoms with Gasteiger partial charge in [0.1, 0.15) is 0 Å². The molecule has 1 amide bonds. The molecule has 0 saturated carbocycles. The summed E-state index contributed by atoms with van der Waals surface area (Å²) in [5.41, 5.74) is 5.53. The van der Waals surface area contributed by atoms with E-state index in [0.717, 1.165) is 55.0 Å². The number of hydrogen-bond acceptors (Lipinski definition) is 8. The Morgan fingerprint density at radius 3 is 1.90 bits per heavy atom. The number of nitrogens with one attached hydrogen (secondary N) is 2. The third kappa shape index (κ3) is 4.84. The average Bonchev–Trinajstić information content (AvgIpc) is 3.46. The number of rotatable bonds is 6. The first kappa shape index (κ1) is 20.1. The number of nitrogens with zero attached hydrogens (tertiary/aromatic N) is 6. The number of hydrogen-bond donors (Lipinski definition) is 2. The van der Waals surface area contributed by atoms with Crippen LogP contribution in [0.4, 0.5) is 23.5 Å². The molecule has 9 heteroatoms. The lowest BCUT2D eigenvalue weighted by Crippen LogP contribution is -2.25. The lowest BCUT2D eigenvalue weighted by atomic mass is 10.1. The zero-order valence-electron chi connectivity index (χ0n) is 17.6. The van der Waals surface area contributed by atoms with Crippen LogP contribution in [0.5, 0.6) is 0 Å². The molecule has 1 aromatic carbocycles. The van der Waals surface area contributed by atoms with Crippen LogP contribution in [0.15, 0.2) is 29.4 Å². The van der Waals surface area contributed by atoms with Crippen molar-refractivity contribution >= 4 is 35.2 Å². The fraction of sp³-hybridized carbons (Fsp3) is 0.476. The van der Waals surface area contributed by atoms with E-state index in [2.05, 4.69) is 35.6 Å². The molecule has 0 radical (unpaired) electrons. The molecule has 158 valence electrons. The second kappa shape index (κ2) is 9.06. The van der Waals surface area contributed by atoms with Crippen LogP contribution in [-0.2, 0) is 4.79 Å². The molecular weight excluding hydrogens is 380 g/mol. The quantitative estimate of drug-likeness (QED) is 0.560. The summed E-state index contributed by atoms with van der Waals surface area (Å²) in [6, 6.07) is 7.56. The molecule has 0 spiro atoms. The lowest BCUT2D eigenvalue weighted by Gasteiger charge is -2.20. The van der Waals surface area contributed by atoms with Gasteiger partial charge in [0.25, 0.3) is 0 Å². The zero-order valence-corrected chi connectivity index (χ0v) is 17.6. The Morgan fingerprint density at radius 1 is 0.867 bits per heavy atom. The standard InChI is InChI=1S/C21H28N8O/c1-15(17-7-9-18(10-8-17)22-16(2)30)26-27-19-23-20(28-11-3-4-12-28)25-21(24-19)29-13-5-6-14-29/h7-10H,3-6,11-14H2,1-2H3,(H,22,30)(H,23,24,25,27). The summed E-state index contributed by atoms with van der Waals surface area (Å²) in [6.45, 7) is 7.33. The third-order valence-electron chi connectivity index (χ3n) is 5.34. The maximum absolute atomic E-state index is 11.2. The molecule has 1 aromatic heterocycles. The van der Waals surface area contributed by atoms with Crippen LogP contribution in [0, 0.1) is 0 Å². The van der Waals surface area contributed by atoms with Crippen molar-refractivity contribution in [2.75, 3.05) is 46.7 Å². The van der Waals surface area contributed by atoms with Gasteiger partial charge in [-0.25, -0.2) is 5.43 Å². The van der Waals surface area contributed by atoms with Gasteiger partial charge in [-0.05, 0) is 50.3 Å². The molecule has 0 atom stereocenters. The molecule has 9 nitrogen and oxygen atoms in total. The average molecular weight is 409 g/mol. The van der Waals surface area contributed by atoms with Crippen LogP contribution in [0.2, 0.25) is 0 Å². The van der Waals surface area contributed by atoms with Crippen molar-refractivity contribution in [3.05, 3.63) is 29.8 Å². The highest BCUT2D eigenvalue weighted by Gasteiger charge is 2.21. The maximum Gasteiger partial charge on any atom is 0.250 e. The lowest BCUT2D eigenvalue weighted by molar-refractivity contribution is -0.114. The third-order valence-corrected chi connectivity index (χ3v) is 5.34. The minimum atomic E-state index is -0.0905. The van der Waals surface area contributed by atoms with E-state index >= 15 is 0 Å². The van der Waals surface area contributed by atoms with Gasteiger partial charge >= 0.3 is 0 Å². The van der Waals surface area contributed by atoms with Gasteiger partial charge in [0.2, 0.25) is 23.8 Å². The smallest absolute Gasteiger partial charge is 0.250 e. The minimum absolute atomic E-state index is 0.0905. The normalized spacial score (nSPS) is 16.8. The van der Waals surface area contributed by atoms with Crippen LogP contribution in [-0.4, -0.2) is 52.7 Å². The van der Waals surface area contributed by atoms with Crippen molar-refractivity contribution in [2.45, 2.75) is 39.5 Å². The molecule has 0 aliphatic carbocycles. The van der Waals surface area contributed by atoms with E-state index in [1.54, 1.807) is 0 Å². The van der Waals surface area contributed by atoms with E-state index in [-0.39, 0.29) is 5.91 Å². The molecule has 30 heavy (non-hydrogen) atoms. The van der Waals surface area contributed by atoms with Crippen molar-refractivity contribution in [1.29, 1.82) is 0 Å². The van der Waals surface area contributed by atoms with Crippen LogP contribution >= 0.6 is 0 Å². The van der Waals surface area contributed by atoms with E-state index in [1.807, 2.05) is 31.2 Å². The van der Waals surface area contributed by atoms with Crippen molar-refractivity contribution in [3.8, 4) is 0 Å². The Hall–Kier alpha value is -3.23. The number of benzene rings is 1. The predicted molar refractivity (Wildman–Crippen MR) is 119 cm³/mol. The van der Waals surface area contributed by atoms with E-state index < -0.39 is 0 Å². The first-order valence-electron chi connectivity index (χ1n) is 10.5. The second-order valence-electron chi connectivity index (χ2n) is 7.71. The molecule has 3 heterocycles. The summed E-state index contributed by atoms with van der Waals surface area (Å²) in [7, 11) is 0. The molecule has 2 saturated heterocycles. The number of anilines is 4. The second-order valence-corrected chi connectivity index (χ2v) is 7.71. The fourth-order valence-corrected chi connectivity index (χ4v) is 3.72. The summed E-state index contributed by atoms with van der Waals surface area (Å²) in [5.74, 6) is 1.81. The van der Waals surface area contributed by atoms with Gasteiger partial charge in [0, 0.05) is 38.8 Å². The molecule has 0 unspecified atom stereocenters. The van der Waals surface area contributed by atoms with Crippen LogP contribution in [0.1, 0.15) is 45.1 Å².